The van der Waals surface area contributed by atoms with Crippen molar-refractivity contribution in [2.75, 3.05) is 19.0 Å². The van der Waals surface area contributed by atoms with Crippen LogP contribution in [0.2, 0.25) is 0 Å². The number of anilines is 1. The lowest BCUT2D eigenvalue weighted by Gasteiger charge is -2.14. The van der Waals surface area contributed by atoms with Crippen LogP contribution in [0, 0.1) is 34.1 Å². The maximum absolute atomic E-state index is 13.1. The van der Waals surface area contributed by atoms with E-state index in [9.17, 15) is 34.6 Å². The van der Waals surface area contributed by atoms with Gasteiger partial charge in [0.1, 0.15) is 6.54 Å². The van der Waals surface area contributed by atoms with Crippen LogP contribution >= 0.6 is 11.8 Å². The second kappa shape index (κ2) is 11.9. The molecule has 0 unspecified atom stereocenters. The zero-order valence-corrected chi connectivity index (χ0v) is 22.7. The molecule has 0 aliphatic carbocycles. The number of nitrogens with zero attached hydrogens (tertiary/aromatic N) is 3. The van der Waals surface area contributed by atoms with Gasteiger partial charge in [0.25, 0.3) is 16.8 Å². The Morgan fingerprint density at radius 3 is 2.34 bits per heavy atom. The Bertz CT molecular complexity index is 1620. The summed E-state index contributed by atoms with van der Waals surface area (Å²) in [6, 6.07) is 13.0. The molecule has 1 aliphatic heterocycles. The minimum absolute atomic E-state index is 0.0227. The Balaban J connectivity index is 1.61. The van der Waals surface area contributed by atoms with E-state index >= 15 is 0 Å². The van der Waals surface area contributed by atoms with Crippen LogP contribution in [0.4, 0.5) is 21.9 Å². The zero-order chi connectivity index (χ0) is 29.8. The number of carbonyl (C=O) groups is 3. The average Bonchev–Trinajstić information content (AvgIpc) is 3.16. The fraction of sp³-hybridized carbons (Fsp3) is 0.148. The summed E-state index contributed by atoms with van der Waals surface area (Å²) in [5.74, 6) is -1.49. The number of para-hydroxylation sites is 1. The van der Waals surface area contributed by atoms with Crippen molar-refractivity contribution in [2.24, 2.45) is 0 Å². The van der Waals surface area contributed by atoms with E-state index < -0.39 is 44.8 Å². The number of methoxy groups -OCH3 is 1. The van der Waals surface area contributed by atoms with Crippen molar-refractivity contribution in [3.8, 4) is 17.2 Å². The Kier molecular flexibility index (Phi) is 8.33. The van der Waals surface area contributed by atoms with Crippen molar-refractivity contribution in [1.29, 1.82) is 0 Å². The SMILES string of the molecule is COc1cccc(/C=C2/SC(=O)N(CC(=O)Nc3cc(C)cc(C)c3)C2=O)c1Oc1ccc([N+](=O)[O-])cc1[N+](=O)[O-]. The van der Waals surface area contributed by atoms with Crippen molar-refractivity contribution in [2.45, 2.75) is 13.8 Å². The van der Waals surface area contributed by atoms with E-state index in [4.69, 9.17) is 9.47 Å². The number of carbonyl (C=O) groups excluding carboxylic acids is 3. The van der Waals surface area contributed by atoms with Gasteiger partial charge in [0.05, 0.1) is 27.9 Å². The lowest BCUT2D eigenvalue weighted by Crippen LogP contribution is -2.36. The van der Waals surface area contributed by atoms with E-state index in [1.807, 2.05) is 19.9 Å². The quantitative estimate of drug-likeness (QED) is 0.191. The third-order valence-corrected chi connectivity index (χ3v) is 6.67. The summed E-state index contributed by atoms with van der Waals surface area (Å²) in [5.41, 5.74) is 1.47. The summed E-state index contributed by atoms with van der Waals surface area (Å²) < 4.78 is 11.1. The van der Waals surface area contributed by atoms with Crippen LogP contribution in [0.5, 0.6) is 17.2 Å². The molecule has 3 aromatic carbocycles. The van der Waals surface area contributed by atoms with Crippen molar-refractivity contribution in [3.63, 3.8) is 0 Å². The zero-order valence-electron chi connectivity index (χ0n) is 21.9. The first-order valence-electron chi connectivity index (χ1n) is 11.9. The number of imide groups is 1. The molecule has 1 heterocycles. The number of nitrogens with one attached hydrogen (secondary N) is 1. The number of amides is 3. The van der Waals surface area contributed by atoms with Gasteiger partial charge in [0.15, 0.2) is 11.5 Å². The summed E-state index contributed by atoms with van der Waals surface area (Å²) in [6.45, 7) is 3.24. The van der Waals surface area contributed by atoms with Crippen LogP contribution in [0.3, 0.4) is 0 Å². The molecule has 0 radical (unpaired) electrons. The smallest absolute Gasteiger partial charge is 0.318 e. The largest absolute Gasteiger partial charge is 0.493 e. The third kappa shape index (κ3) is 6.50. The maximum atomic E-state index is 13.1. The number of thioether (sulfide) groups is 1. The standard InChI is InChI=1S/C27H22N4O9S/c1-15-9-16(2)11-18(10-15)28-24(32)14-29-26(33)23(41-27(29)34)12-17-5-4-6-22(39-3)25(17)40-21-8-7-19(30(35)36)13-20(21)31(37)38/h4-13H,14H2,1-3H3,(H,28,32)/b23-12+. The molecule has 0 atom stereocenters. The van der Waals surface area contributed by atoms with E-state index in [-0.39, 0.29) is 27.7 Å². The van der Waals surface area contributed by atoms with E-state index in [2.05, 4.69) is 5.32 Å². The fourth-order valence-electron chi connectivity index (χ4n) is 4.04. The number of benzene rings is 3. The molecule has 0 spiro atoms. The van der Waals surface area contributed by atoms with Crippen molar-refractivity contribution >= 4 is 52.0 Å². The summed E-state index contributed by atoms with van der Waals surface area (Å²) in [7, 11) is 1.33. The summed E-state index contributed by atoms with van der Waals surface area (Å²) in [6.07, 6.45) is 1.34. The Morgan fingerprint density at radius 1 is 1.00 bits per heavy atom. The lowest BCUT2D eigenvalue weighted by molar-refractivity contribution is -0.394. The minimum Gasteiger partial charge on any atom is -0.493 e. The van der Waals surface area contributed by atoms with Crippen LogP contribution in [-0.2, 0) is 9.59 Å². The van der Waals surface area contributed by atoms with Gasteiger partial charge in [0.2, 0.25) is 11.7 Å². The second-order valence-corrected chi connectivity index (χ2v) is 9.83. The normalized spacial score (nSPS) is 13.8. The molecule has 3 amide bonds. The van der Waals surface area contributed by atoms with Crippen LogP contribution in [0.1, 0.15) is 16.7 Å². The van der Waals surface area contributed by atoms with Crippen LogP contribution < -0.4 is 14.8 Å². The minimum atomic E-state index is -0.827. The van der Waals surface area contributed by atoms with Crippen LogP contribution in [0.25, 0.3) is 6.08 Å². The molecule has 0 bridgehead atoms. The second-order valence-electron chi connectivity index (χ2n) is 8.84. The number of hydrogen-bond donors (Lipinski definition) is 1. The first-order valence-corrected chi connectivity index (χ1v) is 12.7. The predicted octanol–water partition coefficient (Wildman–Crippen LogP) is 5.60. The average molecular weight is 579 g/mol. The number of ether oxygens (including phenoxy) is 2. The fourth-order valence-corrected chi connectivity index (χ4v) is 4.87. The van der Waals surface area contributed by atoms with Crippen LogP contribution in [0.15, 0.2) is 59.5 Å². The molecular formula is C27H22N4O9S. The molecule has 3 aromatic rings. The summed E-state index contributed by atoms with van der Waals surface area (Å²) in [4.78, 5) is 60.2. The number of rotatable bonds is 9. The van der Waals surface area contributed by atoms with Gasteiger partial charge in [-0.05, 0) is 67.1 Å². The highest BCUT2D eigenvalue weighted by Gasteiger charge is 2.36. The van der Waals surface area contributed by atoms with Gasteiger partial charge in [-0.25, -0.2) is 0 Å². The molecule has 1 aliphatic rings. The molecule has 210 valence electrons. The number of nitro groups is 2. The monoisotopic (exact) mass is 578 g/mol. The van der Waals surface area contributed by atoms with Gasteiger partial charge in [0, 0.05) is 17.3 Å². The predicted molar refractivity (Wildman–Crippen MR) is 150 cm³/mol. The highest BCUT2D eigenvalue weighted by Crippen LogP contribution is 2.42. The van der Waals surface area contributed by atoms with E-state index in [0.29, 0.717) is 17.4 Å². The van der Waals surface area contributed by atoms with E-state index in [1.165, 1.54) is 25.3 Å². The maximum Gasteiger partial charge on any atom is 0.318 e. The molecule has 0 saturated carbocycles. The summed E-state index contributed by atoms with van der Waals surface area (Å²) >= 11 is 0.610. The van der Waals surface area contributed by atoms with Crippen LogP contribution in [-0.4, -0.2) is 45.5 Å². The van der Waals surface area contributed by atoms with Gasteiger partial charge in [-0.2, -0.15) is 0 Å². The molecule has 1 N–H and O–H groups in total. The molecule has 41 heavy (non-hydrogen) atoms. The first kappa shape index (κ1) is 28.8. The summed E-state index contributed by atoms with van der Waals surface area (Å²) in [5, 5.41) is 24.7. The number of hydrogen-bond acceptors (Lipinski definition) is 10. The van der Waals surface area contributed by atoms with Gasteiger partial charge in [-0.15, -0.1) is 0 Å². The lowest BCUT2D eigenvalue weighted by atomic mass is 10.1. The van der Waals surface area contributed by atoms with Crippen molar-refractivity contribution < 1.29 is 33.7 Å². The highest BCUT2D eigenvalue weighted by atomic mass is 32.2. The topological polar surface area (TPSA) is 171 Å². The highest BCUT2D eigenvalue weighted by molar-refractivity contribution is 8.18. The van der Waals surface area contributed by atoms with Gasteiger partial charge < -0.3 is 14.8 Å². The van der Waals surface area contributed by atoms with Crippen molar-refractivity contribution in [1.82, 2.24) is 4.90 Å². The van der Waals surface area contributed by atoms with E-state index in [1.54, 1.807) is 18.2 Å². The van der Waals surface area contributed by atoms with E-state index in [0.717, 1.165) is 34.2 Å². The van der Waals surface area contributed by atoms with Crippen molar-refractivity contribution in [3.05, 3.63) is 96.4 Å². The molecule has 0 aromatic heterocycles. The number of aryl methyl sites for hydroxylation is 2. The molecule has 4 rings (SSSR count). The Hall–Kier alpha value is -5.24. The van der Waals surface area contributed by atoms with Gasteiger partial charge >= 0.3 is 5.69 Å². The molecule has 1 fully saturated rings. The molecule has 1 saturated heterocycles. The molecule has 14 heteroatoms. The molecule has 13 nitrogen and oxygen atoms in total. The number of nitro benzene ring substituents is 2. The molecular weight excluding hydrogens is 556 g/mol. The Labute approximate surface area is 237 Å². The first-order chi connectivity index (χ1) is 19.5. The van der Waals surface area contributed by atoms with Gasteiger partial charge in [-0.3, -0.25) is 39.5 Å². The third-order valence-electron chi connectivity index (χ3n) is 5.76. The number of non-ortho nitro benzene ring substituents is 1. The Morgan fingerprint density at radius 2 is 1.71 bits per heavy atom. The van der Waals surface area contributed by atoms with Gasteiger partial charge in [-0.1, -0.05) is 18.2 Å².